The van der Waals surface area contributed by atoms with Crippen molar-refractivity contribution in [3.8, 4) is 11.5 Å². The highest BCUT2D eigenvalue weighted by Gasteiger charge is 2.23. The molecule has 0 aliphatic carbocycles. The maximum Gasteiger partial charge on any atom is 0.243 e. The molecular formula is C23H31BrN2O5S. The van der Waals surface area contributed by atoms with Crippen molar-refractivity contribution in [2.75, 3.05) is 32.1 Å². The van der Waals surface area contributed by atoms with Crippen molar-refractivity contribution in [2.24, 2.45) is 0 Å². The van der Waals surface area contributed by atoms with Gasteiger partial charge in [-0.2, -0.15) is 4.31 Å². The zero-order valence-electron chi connectivity index (χ0n) is 19.0. The number of amides is 1. The molecule has 2 aromatic rings. The van der Waals surface area contributed by atoms with Crippen LogP contribution in [0.1, 0.15) is 39.2 Å². The number of nitrogens with zero attached hydrogens (tertiary/aromatic N) is 1. The summed E-state index contributed by atoms with van der Waals surface area (Å²) in [6.07, 6.45) is 1.67. The van der Waals surface area contributed by atoms with E-state index in [0.717, 1.165) is 16.6 Å². The Hall–Kier alpha value is -2.10. The van der Waals surface area contributed by atoms with Crippen molar-refractivity contribution in [1.82, 2.24) is 4.31 Å². The summed E-state index contributed by atoms with van der Waals surface area (Å²) in [6, 6.07) is 10.4. The molecule has 0 heterocycles. The lowest BCUT2D eigenvalue weighted by atomic mass is 10.2. The van der Waals surface area contributed by atoms with E-state index >= 15 is 0 Å². The van der Waals surface area contributed by atoms with Gasteiger partial charge in [-0.1, -0.05) is 26.8 Å². The summed E-state index contributed by atoms with van der Waals surface area (Å²) in [5, 5.41) is 2.76. The lowest BCUT2D eigenvalue weighted by Gasteiger charge is -2.19. The maximum absolute atomic E-state index is 12.8. The summed E-state index contributed by atoms with van der Waals surface area (Å²) < 4.78 is 38.9. The van der Waals surface area contributed by atoms with Crippen molar-refractivity contribution >= 4 is 37.5 Å². The Kier molecular flexibility index (Phi) is 9.99. The molecule has 0 aliphatic rings. The molecule has 7 nitrogen and oxygen atoms in total. The van der Waals surface area contributed by atoms with E-state index in [2.05, 4.69) is 28.2 Å². The van der Waals surface area contributed by atoms with Gasteiger partial charge >= 0.3 is 0 Å². The fraction of sp³-hybridized carbons (Fsp3) is 0.435. The van der Waals surface area contributed by atoms with E-state index in [4.69, 9.17) is 9.47 Å². The number of carbonyl (C=O) groups is 1. The third-order valence-electron chi connectivity index (χ3n) is 5.00. The molecule has 2 rings (SSSR count). The molecule has 32 heavy (non-hydrogen) atoms. The van der Waals surface area contributed by atoms with Crippen molar-refractivity contribution in [3.63, 3.8) is 0 Å². The van der Waals surface area contributed by atoms with E-state index in [1.165, 1.54) is 29.1 Å². The Morgan fingerprint density at radius 1 is 1.06 bits per heavy atom. The van der Waals surface area contributed by atoms with Crippen molar-refractivity contribution in [1.29, 1.82) is 0 Å². The van der Waals surface area contributed by atoms with Crippen molar-refractivity contribution in [2.45, 2.75) is 44.9 Å². The average Bonchev–Trinajstić information content (AvgIpc) is 2.78. The number of methoxy groups -OCH3 is 1. The fourth-order valence-corrected chi connectivity index (χ4v) is 5.19. The van der Waals surface area contributed by atoms with Gasteiger partial charge in [0.25, 0.3) is 0 Å². The number of ether oxygens (including phenoxy) is 2. The fourth-order valence-electron chi connectivity index (χ4n) is 3.17. The summed E-state index contributed by atoms with van der Waals surface area (Å²) in [5.41, 5.74) is 1.53. The van der Waals surface area contributed by atoms with Gasteiger partial charge in [0, 0.05) is 19.5 Å². The van der Waals surface area contributed by atoms with Gasteiger partial charge in [-0.15, -0.1) is 0 Å². The van der Waals surface area contributed by atoms with Gasteiger partial charge in [0.1, 0.15) is 11.5 Å². The van der Waals surface area contributed by atoms with E-state index in [9.17, 15) is 13.2 Å². The molecule has 1 amide bonds. The number of aryl methyl sites for hydroxylation is 1. The third kappa shape index (κ3) is 6.70. The Bertz CT molecular complexity index is 1020. The Morgan fingerprint density at radius 2 is 1.75 bits per heavy atom. The van der Waals surface area contributed by atoms with Crippen LogP contribution in [0.25, 0.3) is 0 Å². The number of sulfonamides is 1. The van der Waals surface area contributed by atoms with Crippen LogP contribution < -0.4 is 14.8 Å². The molecule has 0 spiro atoms. The highest BCUT2D eigenvalue weighted by molar-refractivity contribution is 9.10. The highest BCUT2D eigenvalue weighted by Crippen LogP contribution is 2.29. The van der Waals surface area contributed by atoms with E-state index in [1.807, 2.05) is 18.2 Å². The predicted molar refractivity (Wildman–Crippen MR) is 130 cm³/mol. The lowest BCUT2D eigenvalue weighted by Crippen LogP contribution is -2.30. The van der Waals surface area contributed by atoms with E-state index in [-0.39, 0.29) is 17.2 Å². The maximum atomic E-state index is 12.8. The van der Waals surface area contributed by atoms with Crippen LogP contribution in [-0.4, -0.2) is 45.4 Å². The molecule has 0 saturated carbocycles. The van der Waals surface area contributed by atoms with Crippen LogP contribution in [0.2, 0.25) is 0 Å². The molecule has 0 bridgehead atoms. The van der Waals surface area contributed by atoms with Gasteiger partial charge in [-0.05, 0) is 64.7 Å². The van der Waals surface area contributed by atoms with Crippen LogP contribution in [-0.2, 0) is 21.2 Å². The minimum atomic E-state index is -3.64. The predicted octanol–water partition coefficient (Wildman–Crippen LogP) is 4.85. The number of hydrogen-bond donors (Lipinski definition) is 1. The molecule has 0 saturated heterocycles. The first-order chi connectivity index (χ1) is 15.3. The zero-order chi connectivity index (χ0) is 23.7. The Morgan fingerprint density at radius 3 is 2.34 bits per heavy atom. The molecule has 2 aromatic carbocycles. The lowest BCUT2D eigenvalue weighted by molar-refractivity contribution is -0.116. The molecule has 0 fully saturated rings. The van der Waals surface area contributed by atoms with Crippen molar-refractivity contribution < 1.29 is 22.7 Å². The zero-order valence-corrected chi connectivity index (χ0v) is 21.4. The second-order valence-corrected chi connectivity index (χ2v) is 9.86. The summed E-state index contributed by atoms with van der Waals surface area (Å²) in [6.45, 7) is 6.77. The molecule has 0 unspecified atom stereocenters. The summed E-state index contributed by atoms with van der Waals surface area (Å²) >= 11 is 3.50. The number of halogens is 1. The number of nitrogens with one attached hydrogen (secondary N) is 1. The molecule has 1 N–H and O–H groups in total. The number of anilines is 1. The molecule has 176 valence electrons. The van der Waals surface area contributed by atoms with Crippen LogP contribution in [0.15, 0.2) is 45.8 Å². The normalized spacial score (nSPS) is 11.4. The quantitative estimate of drug-likeness (QED) is 0.399. The standard InChI is InChI=1S/C23H31BrN2O5S/c1-5-17-10-12-21(19(24)15-17)31-14-8-9-23(27)25-20-16-18(11-13-22(20)30-4)32(28,29)26(6-2)7-3/h10-13,15-16H,5-9,14H2,1-4H3,(H,25,27). The topological polar surface area (TPSA) is 84.9 Å². The molecule has 0 aliphatic heterocycles. The molecular weight excluding hydrogens is 496 g/mol. The van der Waals surface area contributed by atoms with Crippen LogP contribution >= 0.6 is 15.9 Å². The van der Waals surface area contributed by atoms with Crippen LogP contribution in [0.4, 0.5) is 5.69 Å². The summed E-state index contributed by atoms with van der Waals surface area (Å²) in [5.74, 6) is 0.885. The molecule has 0 radical (unpaired) electrons. The van der Waals surface area contributed by atoms with E-state index in [0.29, 0.717) is 37.6 Å². The van der Waals surface area contributed by atoms with Crippen molar-refractivity contribution in [3.05, 3.63) is 46.4 Å². The average molecular weight is 527 g/mol. The van der Waals surface area contributed by atoms with Crippen LogP contribution in [0.3, 0.4) is 0 Å². The summed E-state index contributed by atoms with van der Waals surface area (Å²) in [4.78, 5) is 12.6. The Balaban J connectivity index is 2.00. The van der Waals surface area contributed by atoms with Gasteiger partial charge < -0.3 is 14.8 Å². The third-order valence-corrected chi connectivity index (χ3v) is 7.66. The molecule has 0 atom stereocenters. The van der Waals surface area contributed by atoms with E-state index < -0.39 is 10.0 Å². The second kappa shape index (κ2) is 12.2. The smallest absolute Gasteiger partial charge is 0.243 e. The first kappa shape index (κ1) is 26.2. The summed E-state index contributed by atoms with van der Waals surface area (Å²) in [7, 11) is -2.17. The number of rotatable bonds is 12. The van der Waals surface area contributed by atoms with Crippen LogP contribution in [0.5, 0.6) is 11.5 Å². The minimum absolute atomic E-state index is 0.112. The van der Waals surface area contributed by atoms with Gasteiger partial charge in [-0.3, -0.25) is 4.79 Å². The first-order valence-corrected chi connectivity index (χ1v) is 12.9. The largest absolute Gasteiger partial charge is 0.495 e. The SMILES string of the molecule is CCc1ccc(OCCCC(=O)Nc2cc(S(=O)(=O)N(CC)CC)ccc2OC)c(Br)c1. The van der Waals surface area contributed by atoms with Gasteiger partial charge in [-0.25, -0.2) is 8.42 Å². The Labute approximate surface area is 199 Å². The van der Waals surface area contributed by atoms with Crippen LogP contribution in [0, 0.1) is 0 Å². The molecule has 0 aromatic heterocycles. The first-order valence-electron chi connectivity index (χ1n) is 10.7. The monoisotopic (exact) mass is 526 g/mol. The van der Waals surface area contributed by atoms with Gasteiger partial charge in [0.05, 0.1) is 28.8 Å². The highest BCUT2D eigenvalue weighted by atomic mass is 79.9. The second-order valence-electron chi connectivity index (χ2n) is 7.07. The van der Waals surface area contributed by atoms with E-state index in [1.54, 1.807) is 19.9 Å². The van der Waals surface area contributed by atoms with Gasteiger partial charge in [0.2, 0.25) is 15.9 Å². The molecule has 9 heteroatoms. The minimum Gasteiger partial charge on any atom is -0.495 e. The number of carbonyl (C=O) groups excluding carboxylic acids is 1. The number of benzene rings is 2. The van der Waals surface area contributed by atoms with Gasteiger partial charge in [0.15, 0.2) is 0 Å². The number of hydrogen-bond acceptors (Lipinski definition) is 5.